The van der Waals surface area contributed by atoms with Gasteiger partial charge in [0.1, 0.15) is 4.21 Å². The Balaban J connectivity index is 2.63. The predicted molar refractivity (Wildman–Crippen MR) is 84.7 cm³/mol. The second kappa shape index (κ2) is 8.26. The van der Waals surface area contributed by atoms with E-state index in [0.717, 1.165) is 30.0 Å². The molecule has 0 saturated carbocycles. The molecule has 7 heteroatoms. The molecule has 1 heterocycles. The predicted octanol–water partition coefficient (Wildman–Crippen LogP) is 1.93. The van der Waals surface area contributed by atoms with Crippen LogP contribution in [0.25, 0.3) is 0 Å². The van der Waals surface area contributed by atoms with Gasteiger partial charge in [0.15, 0.2) is 0 Å². The van der Waals surface area contributed by atoms with Crippen LogP contribution in [0.15, 0.2) is 16.3 Å². The Kier molecular flexibility index (Phi) is 7.38. The minimum absolute atomic E-state index is 0.0275. The summed E-state index contributed by atoms with van der Waals surface area (Å²) >= 11 is 3.08. The third kappa shape index (κ3) is 5.83. The molecule has 0 aliphatic rings. The summed E-state index contributed by atoms with van der Waals surface area (Å²) in [5.41, 5.74) is 0. The van der Waals surface area contributed by atoms with Gasteiger partial charge >= 0.3 is 0 Å². The van der Waals surface area contributed by atoms with Gasteiger partial charge in [-0.05, 0) is 57.5 Å². The number of hydrogen-bond donors (Lipinski definition) is 2. The lowest BCUT2D eigenvalue weighted by atomic mass is 10.3. The molecule has 0 aliphatic heterocycles. The zero-order chi connectivity index (χ0) is 14.3. The Hall–Kier alpha value is -0.0800. The summed E-state index contributed by atoms with van der Waals surface area (Å²) in [4.78, 5) is 1.09. The summed E-state index contributed by atoms with van der Waals surface area (Å²) < 4.78 is 27.5. The molecule has 1 rings (SSSR count). The van der Waals surface area contributed by atoms with Crippen molar-refractivity contribution in [1.29, 1.82) is 0 Å². The van der Waals surface area contributed by atoms with Crippen molar-refractivity contribution in [2.45, 2.75) is 30.0 Å². The second-order valence-corrected chi connectivity index (χ2v) is 8.47. The maximum Gasteiger partial charge on any atom is 0.250 e. The first kappa shape index (κ1) is 17.0. The number of likely N-dealkylation sites (N-methyl/N-ethyl adjacent to an activating group) is 1. The number of rotatable bonds is 9. The van der Waals surface area contributed by atoms with Crippen LogP contribution in [0.5, 0.6) is 0 Å². The molecule has 1 aromatic heterocycles. The van der Waals surface area contributed by atoms with Gasteiger partial charge in [-0.1, -0.05) is 0 Å². The van der Waals surface area contributed by atoms with Gasteiger partial charge in [0.2, 0.25) is 10.0 Å². The molecule has 0 saturated heterocycles. The van der Waals surface area contributed by atoms with Gasteiger partial charge in [-0.15, -0.1) is 11.3 Å². The summed E-state index contributed by atoms with van der Waals surface area (Å²) in [6, 6.07) is 3.56. The number of thiophene rings is 1. The van der Waals surface area contributed by atoms with Crippen molar-refractivity contribution in [3.05, 3.63) is 17.0 Å². The lowest BCUT2D eigenvalue weighted by Gasteiger charge is -2.12. The van der Waals surface area contributed by atoms with Gasteiger partial charge in [-0.3, -0.25) is 0 Å². The van der Waals surface area contributed by atoms with Gasteiger partial charge in [0.05, 0.1) is 0 Å². The third-order valence-electron chi connectivity index (χ3n) is 2.63. The van der Waals surface area contributed by atoms with Crippen molar-refractivity contribution in [2.24, 2.45) is 0 Å². The minimum Gasteiger partial charge on any atom is -0.319 e. The fourth-order valence-corrected chi connectivity index (χ4v) is 4.80. The zero-order valence-electron chi connectivity index (χ0n) is 11.6. The van der Waals surface area contributed by atoms with E-state index in [1.807, 2.05) is 26.3 Å². The summed E-state index contributed by atoms with van der Waals surface area (Å²) in [6.45, 7) is 2.76. The van der Waals surface area contributed by atoms with E-state index in [1.165, 1.54) is 11.3 Å². The fraction of sp³-hybridized carbons (Fsp3) is 0.667. The first-order chi connectivity index (χ1) is 8.99. The normalized spacial score (nSPS) is 13.6. The Bertz CT molecular complexity index is 471. The molecule has 0 radical (unpaired) electrons. The Morgan fingerprint density at radius 2 is 2.16 bits per heavy atom. The van der Waals surface area contributed by atoms with E-state index >= 15 is 0 Å². The molecule has 1 aromatic rings. The average Bonchev–Trinajstić information content (AvgIpc) is 2.83. The van der Waals surface area contributed by atoms with Crippen LogP contribution >= 0.6 is 23.1 Å². The lowest BCUT2D eigenvalue weighted by molar-refractivity contribution is 0.559. The van der Waals surface area contributed by atoms with E-state index in [9.17, 15) is 8.42 Å². The van der Waals surface area contributed by atoms with Crippen LogP contribution in [0.2, 0.25) is 0 Å². The summed E-state index contributed by atoms with van der Waals surface area (Å²) in [5.74, 6) is 0.960. The molecule has 4 nitrogen and oxygen atoms in total. The zero-order valence-corrected chi connectivity index (χ0v) is 14.1. The highest BCUT2D eigenvalue weighted by Gasteiger charge is 2.19. The molecule has 1 atom stereocenters. The summed E-state index contributed by atoms with van der Waals surface area (Å²) in [6.07, 6.45) is 3.73. The maximum absolute atomic E-state index is 12.2. The number of sulfonamides is 1. The highest BCUT2D eigenvalue weighted by molar-refractivity contribution is 7.98. The monoisotopic (exact) mass is 322 g/mol. The molecular formula is C12H22N2O2S3. The molecule has 0 spiro atoms. The quantitative estimate of drug-likeness (QED) is 0.729. The highest BCUT2D eigenvalue weighted by Crippen LogP contribution is 2.22. The van der Waals surface area contributed by atoms with Crippen LogP contribution in [0, 0.1) is 0 Å². The average molecular weight is 323 g/mol. The van der Waals surface area contributed by atoms with Gasteiger partial charge < -0.3 is 5.32 Å². The first-order valence-corrected chi connectivity index (χ1v) is 9.93. The van der Waals surface area contributed by atoms with Crippen LogP contribution in [0.3, 0.4) is 0 Å². The third-order valence-corrected chi connectivity index (χ3v) is 6.50. The Labute approximate surface area is 124 Å². The van der Waals surface area contributed by atoms with E-state index in [2.05, 4.69) is 10.0 Å². The summed E-state index contributed by atoms with van der Waals surface area (Å²) in [5, 5.41) is 3.06. The van der Waals surface area contributed by atoms with Gasteiger partial charge in [-0.25, -0.2) is 13.1 Å². The van der Waals surface area contributed by atoms with Crippen LogP contribution in [0.1, 0.15) is 18.2 Å². The van der Waals surface area contributed by atoms with Gasteiger partial charge in [0, 0.05) is 10.9 Å². The number of nitrogens with one attached hydrogen (secondary N) is 2. The van der Waals surface area contributed by atoms with E-state index in [-0.39, 0.29) is 6.04 Å². The van der Waals surface area contributed by atoms with E-state index in [0.29, 0.717) is 4.21 Å². The molecular weight excluding hydrogens is 300 g/mol. The second-order valence-electron chi connectivity index (χ2n) is 4.38. The number of thioether (sulfide) groups is 1. The molecule has 0 aliphatic carbocycles. The topological polar surface area (TPSA) is 58.2 Å². The van der Waals surface area contributed by atoms with Crippen molar-refractivity contribution in [1.82, 2.24) is 10.0 Å². The lowest BCUT2D eigenvalue weighted by Crippen LogP contribution is -2.32. The fourth-order valence-electron chi connectivity index (χ4n) is 1.56. The summed E-state index contributed by atoms with van der Waals surface area (Å²) in [7, 11) is -1.47. The minimum atomic E-state index is -3.36. The van der Waals surface area contributed by atoms with Crippen molar-refractivity contribution < 1.29 is 8.42 Å². The molecule has 0 aromatic carbocycles. The SMILES string of the molecule is CNCCc1ccc(S(=O)(=O)NC(C)CCSC)s1. The standard InChI is InChI=1S/C12H22N2O2S3/c1-10(7-9-17-3)14-19(15,16)12-5-4-11(18-12)6-8-13-2/h4-5,10,13-14H,6-9H2,1-3H3. The Morgan fingerprint density at radius 3 is 2.79 bits per heavy atom. The van der Waals surface area contributed by atoms with Crippen LogP contribution < -0.4 is 10.0 Å². The maximum atomic E-state index is 12.2. The molecule has 2 N–H and O–H groups in total. The van der Waals surface area contributed by atoms with E-state index < -0.39 is 10.0 Å². The highest BCUT2D eigenvalue weighted by atomic mass is 32.2. The van der Waals surface area contributed by atoms with Crippen LogP contribution in [-0.4, -0.2) is 40.1 Å². The van der Waals surface area contributed by atoms with Crippen molar-refractivity contribution in [3.63, 3.8) is 0 Å². The van der Waals surface area contributed by atoms with E-state index in [1.54, 1.807) is 17.8 Å². The van der Waals surface area contributed by atoms with Crippen LogP contribution in [-0.2, 0) is 16.4 Å². The van der Waals surface area contributed by atoms with Crippen molar-refractivity contribution in [2.75, 3.05) is 25.6 Å². The number of hydrogen-bond acceptors (Lipinski definition) is 5. The molecule has 1 unspecified atom stereocenters. The Morgan fingerprint density at radius 1 is 1.42 bits per heavy atom. The van der Waals surface area contributed by atoms with Gasteiger partial charge in [-0.2, -0.15) is 11.8 Å². The smallest absolute Gasteiger partial charge is 0.250 e. The first-order valence-electron chi connectivity index (χ1n) is 6.24. The molecule has 0 fully saturated rings. The van der Waals surface area contributed by atoms with Crippen molar-refractivity contribution in [3.8, 4) is 0 Å². The molecule has 110 valence electrons. The molecule has 0 bridgehead atoms. The van der Waals surface area contributed by atoms with Crippen LogP contribution in [0.4, 0.5) is 0 Å². The molecule has 19 heavy (non-hydrogen) atoms. The molecule has 0 amide bonds. The van der Waals surface area contributed by atoms with Gasteiger partial charge in [0.25, 0.3) is 0 Å². The van der Waals surface area contributed by atoms with E-state index in [4.69, 9.17) is 0 Å². The van der Waals surface area contributed by atoms with Crippen molar-refractivity contribution >= 4 is 33.1 Å². The largest absolute Gasteiger partial charge is 0.319 e.